The third kappa shape index (κ3) is 3.64. The number of aryl methyl sites for hydroxylation is 2. The average molecular weight is 279 g/mol. The van der Waals surface area contributed by atoms with Crippen molar-refractivity contribution in [2.45, 2.75) is 40.2 Å². The normalized spacial score (nSPS) is 10.5. The van der Waals surface area contributed by atoms with Crippen LogP contribution in [0.5, 0.6) is 5.75 Å². The molecule has 0 fully saturated rings. The molecule has 0 aliphatic rings. The van der Waals surface area contributed by atoms with Crippen molar-refractivity contribution in [3.63, 3.8) is 0 Å². The lowest BCUT2D eigenvalue weighted by molar-refractivity contribution is 0.302. The van der Waals surface area contributed by atoms with Crippen LogP contribution in [0.2, 0.25) is 0 Å². The molecule has 0 aromatic heterocycles. The molecule has 0 bridgehead atoms. The van der Waals surface area contributed by atoms with E-state index in [2.05, 4.69) is 44.2 Å². The number of nitrogens with zero attached hydrogens (tertiary/aromatic N) is 1. The monoisotopic (exact) mass is 279 g/mol. The van der Waals surface area contributed by atoms with Gasteiger partial charge in [-0.2, -0.15) is 5.26 Å². The van der Waals surface area contributed by atoms with E-state index in [4.69, 9.17) is 10.00 Å². The highest BCUT2D eigenvalue weighted by Crippen LogP contribution is 2.25. The Hall–Kier alpha value is -2.27. The van der Waals surface area contributed by atoms with Gasteiger partial charge >= 0.3 is 0 Å². The minimum atomic E-state index is 0.544. The molecule has 0 N–H and O–H groups in total. The second-order valence-corrected chi connectivity index (χ2v) is 5.74. The van der Waals surface area contributed by atoms with E-state index in [1.807, 2.05) is 26.0 Å². The molecule has 0 amide bonds. The first-order chi connectivity index (χ1) is 10.0. The summed E-state index contributed by atoms with van der Waals surface area (Å²) in [5, 5.41) is 8.97. The van der Waals surface area contributed by atoms with Crippen LogP contribution in [-0.4, -0.2) is 0 Å². The van der Waals surface area contributed by atoms with Crippen molar-refractivity contribution < 1.29 is 4.74 Å². The summed E-state index contributed by atoms with van der Waals surface area (Å²) in [6.07, 6.45) is 0. The zero-order valence-electron chi connectivity index (χ0n) is 13.1. The minimum Gasteiger partial charge on any atom is -0.488 e. The van der Waals surface area contributed by atoms with Crippen LogP contribution in [0.1, 0.15) is 47.6 Å². The van der Waals surface area contributed by atoms with Gasteiger partial charge in [-0.1, -0.05) is 38.1 Å². The molecular formula is C19H21NO. The van der Waals surface area contributed by atoms with Gasteiger partial charge in [-0.3, -0.25) is 0 Å². The molecule has 0 saturated carbocycles. The van der Waals surface area contributed by atoms with Crippen molar-refractivity contribution in [1.29, 1.82) is 5.26 Å². The van der Waals surface area contributed by atoms with Crippen molar-refractivity contribution in [2.75, 3.05) is 0 Å². The summed E-state index contributed by atoms with van der Waals surface area (Å²) in [5.74, 6) is 1.42. The van der Waals surface area contributed by atoms with Gasteiger partial charge in [0.2, 0.25) is 0 Å². The SMILES string of the molecule is Cc1cc(C#N)cc(C)c1OCc1ccc(C(C)C)cc1. The van der Waals surface area contributed by atoms with E-state index in [0.717, 1.165) is 22.4 Å². The summed E-state index contributed by atoms with van der Waals surface area (Å²) in [7, 11) is 0. The van der Waals surface area contributed by atoms with Gasteiger partial charge in [0.05, 0.1) is 11.6 Å². The fourth-order valence-electron chi connectivity index (χ4n) is 2.40. The van der Waals surface area contributed by atoms with E-state index in [1.165, 1.54) is 5.56 Å². The standard InChI is InChI=1S/C19H21NO/c1-13(2)18-7-5-16(6-8-18)12-21-19-14(3)9-17(11-20)10-15(19)4/h5-10,13H,12H2,1-4H3. The summed E-state index contributed by atoms with van der Waals surface area (Å²) in [4.78, 5) is 0. The first-order valence-corrected chi connectivity index (χ1v) is 7.24. The number of rotatable bonds is 4. The van der Waals surface area contributed by atoms with E-state index in [9.17, 15) is 0 Å². The van der Waals surface area contributed by atoms with Gasteiger partial charge < -0.3 is 4.74 Å². The third-order valence-electron chi connectivity index (χ3n) is 3.62. The van der Waals surface area contributed by atoms with E-state index in [1.54, 1.807) is 0 Å². The summed E-state index contributed by atoms with van der Waals surface area (Å²) in [5.41, 5.74) is 5.18. The Morgan fingerprint density at radius 2 is 1.62 bits per heavy atom. The van der Waals surface area contributed by atoms with E-state index >= 15 is 0 Å². The summed E-state index contributed by atoms with van der Waals surface area (Å²) >= 11 is 0. The third-order valence-corrected chi connectivity index (χ3v) is 3.62. The van der Waals surface area contributed by atoms with Gasteiger partial charge in [0, 0.05) is 0 Å². The molecule has 0 saturated heterocycles. The maximum atomic E-state index is 8.97. The molecular weight excluding hydrogens is 258 g/mol. The predicted molar refractivity (Wildman–Crippen MR) is 85.5 cm³/mol. The van der Waals surface area contributed by atoms with Crippen LogP contribution in [-0.2, 0) is 6.61 Å². The molecule has 2 nitrogen and oxygen atoms in total. The fraction of sp³-hybridized carbons (Fsp3) is 0.316. The second kappa shape index (κ2) is 6.45. The van der Waals surface area contributed by atoms with Crippen LogP contribution in [0.3, 0.4) is 0 Å². The van der Waals surface area contributed by atoms with Gasteiger partial charge in [0.25, 0.3) is 0 Å². The molecule has 2 aromatic carbocycles. The van der Waals surface area contributed by atoms with Crippen LogP contribution in [0, 0.1) is 25.2 Å². The summed E-state index contributed by atoms with van der Waals surface area (Å²) < 4.78 is 5.94. The molecule has 0 aliphatic heterocycles. The van der Waals surface area contributed by atoms with Gasteiger partial charge in [0.1, 0.15) is 12.4 Å². The first-order valence-electron chi connectivity index (χ1n) is 7.24. The van der Waals surface area contributed by atoms with Crippen LogP contribution in [0.15, 0.2) is 36.4 Å². The van der Waals surface area contributed by atoms with E-state index in [0.29, 0.717) is 18.1 Å². The highest BCUT2D eigenvalue weighted by atomic mass is 16.5. The molecule has 108 valence electrons. The van der Waals surface area contributed by atoms with E-state index in [-0.39, 0.29) is 0 Å². The van der Waals surface area contributed by atoms with Crippen LogP contribution < -0.4 is 4.74 Å². The summed E-state index contributed by atoms with van der Waals surface area (Å²) in [6, 6.07) is 14.4. The Bertz CT molecular complexity index is 640. The van der Waals surface area contributed by atoms with Crippen LogP contribution >= 0.6 is 0 Å². The zero-order valence-corrected chi connectivity index (χ0v) is 13.1. The molecule has 0 unspecified atom stereocenters. The Kier molecular flexibility index (Phi) is 4.65. The summed E-state index contributed by atoms with van der Waals surface area (Å²) in [6.45, 7) is 8.88. The fourth-order valence-corrected chi connectivity index (χ4v) is 2.40. The van der Waals surface area contributed by atoms with Gasteiger partial charge in [-0.05, 0) is 54.2 Å². The molecule has 0 aliphatic carbocycles. The Morgan fingerprint density at radius 1 is 1.05 bits per heavy atom. The average Bonchev–Trinajstić information content (AvgIpc) is 2.46. The molecule has 21 heavy (non-hydrogen) atoms. The van der Waals surface area contributed by atoms with Crippen molar-refractivity contribution in [3.05, 3.63) is 64.2 Å². The van der Waals surface area contributed by atoms with Crippen LogP contribution in [0.4, 0.5) is 0 Å². The van der Waals surface area contributed by atoms with Crippen molar-refractivity contribution in [3.8, 4) is 11.8 Å². The van der Waals surface area contributed by atoms with E-state index < -0.39 is 0 Å². The maximum Gasteiger partial charge on any atom is 0.125 e. The topological polar surface area (TPSA) is 33.0 Å². The van der Waals surface area contributed by atoms with Gasteiger partial charge in [-0.15, -0.1) is 0 Å². The van der Waals surface area contributed by atoms with Gasteiger partial charge in [0.15, 0.2) is 0 Å². The largest absolute Gasteiger partial charge is 0.488 e. The smallest absolute Gasteiger partial charge is 0.125 e. The lowest BCUT2D eigenvalue weighted by Crippen LogP contribution is -2.00. The highest BCUT2D eigenvalue weighted by molar-refractivity contribution is 5.47. The van der Waals surface area contributed by atoms with Gasteiger partial charge in [-0.25, -0.2) is 0 Å². The zero-order chi connectivity index (χ0) is 15.4. The Labute approximate surface area is 127 Å². The number of benzene rings is 2. The Balaban J connectivity index is 2.11. The Morgan fingerprint density at radius 3 is 2.10 bits per heavy atom. The molecule has 0 atom stereocenters. The lowest BCUT2D eigenvalue weighted by atomic mass is 10.0. The molecule has 0 heterocycles. The minimum absolute atomic E-state index is 0.544. The highest BCUT2D eigenvalue weighted by Gasteiger charge is 2.07. The van der Waals surface area contributed by atoms with Crippen molar-refractivity contribution in [1.82, 2.24) is 0 Å². The van der Waals surface area contributed by atoms with Crippen molar-refractivity contribution >= 4 is 0 Å². The second-order valence-electron chi connectivity index (χ2n) is 5.74. The lowest BCUT2D eigenvalue weighted by Gasteiger charge is -2.13. The first kappa shape index (κ1) is 15.1. The molecule has 0 radical (unpaired) electrons. The molecule has 0 spiro atoms. The maximum absolute atomic E-state index is 8.97. The molecule has 2 aromatic rings. The number of nitriles is 1. The number of ether oxygens (including phenoxy) is 1. The van der Waals surface area contributed by atoms with Crippen molar-refractivity contribution in [2.24, 2.45) is 0 Å². The molecule has 2 heteroatoms. The number of hydrogen-bond donors (Lipinski definition) is 0. The number of hydrogen-bond acceptors (Lipinski definition) is 2. The quantitative estimate of drug-likeness (QED) is 0.799. The predicted octanol–water partition coefficient (Wildman–Crippen LogP) is 4.88. The van der Waals surface area contributed by atoms with Crippen LogP contribution in [0.25, 0.3) is 0 Å². The molecule has 2 rings (SSSR count).